The highest BCUT2D eigenvalue weighted by molar-refractivity contribution is 5.97. The third-order valence-corrected chi connectivity index (χ3v) is 3.01. The number of carboxylic acid groups (broad SMARTS) is 1. The molecule has 108 valence electrons. The number of anilines is 1. The Morgan fingerprint density at radius 2 is 2.15 bits per heavy atom. The number of benzene rings is 1. The fraction of sp³-hybridized carbons (Fsp3) is 0.385. The van der Waals surface area contributed by atoms with E-state index in [-0.39, 0.29) is 17.3 Å². The van der Waals surface area contributed by atoms with Crippen LogP contribution in [0.4, 0.5) is 10.5 Å². The quantitative estimate of drug-likeness (QED) is 0.626. The maximum absolute atomic E-state index is 11.8. The maximum Gasteiger partial charge on any atom is 0.339 e. The van der Waals surface area contributed by atoms with Crippen LogP contribution in [-0.4, -0.2) is 41.5 Å². The summed E-state index contributed by atoms with van der Waals surface area (Å²) in [7, 11) is 0. The minimum Gasteiger partial charge on any atom is -0.505 e. The lowest BCUT2D eigenvalue weighted by atomic mass is 10.1. The molecule has 1 aliphatic heterocycles. The van der Waals surface area contributed by atoms with Crippen molar-refractivity contribution in [2.75, 3.05) is 18.5 Å². The van der Waals surface area contributed by atoms with Gasteiger partial charge in [0, 0.05) is 6.61 Å². The molecule has 0 radical (unpaired) electrons. The van der Waals surface area contributed by atoms with Crippen LogP contribution in [-0.2, 0) is 4.74 Å². The molecular weight excluding hydrogens is 264 g/mol. The highest BCUT2D eigenvalue weighted by Crippen LogP contribution is 2.27. The molecule has 1 aromatic rings. The van der Waals surface area contributed by atoms with E-state index < -0.39 is 17.7 Å². The van der Waals surface area contributed by atoms with E-state index in [1.807, 2.05) is 0 Å². The summed E-state index contributed by atoms with van der Waals surface area (Å²) >= 11 is 0. The lowest BCUT2D eigenvalue weighted by molar-refractivity contribution is 0.0693. The van der Waals surface area contributed by atoms with Gasteiger partial charge in [-0.05, 0) is 25.0 Å². The van der Waals surface area contributed by atoms with Crippen molar-refractivity contribution in [2.45, 2.75) is 18.9 Å². The predicted octanol–water partition coefficient (Wildman–Crippen LogP) is 1.39. The van der Waals surface area contributed by atoms with Crippen molar-refractivity contribution < 1.29 is 24.5 Å². The summed E-state index contributed by atoms with van der Waals surface area (Å²) in [5.41, 5.74) is -0.206. The number of amides is 2. The van der Waals surface area contributed by atoms with Gasteiger partial charge in [-0.25, -0.2) is 9.59 Å². The van der Waals surface area contributed by atoms with E-state index in [0.717, 1.165) is 12.8 Å². The monoisotopic (exact) mass is 280 g/mol. The molecule has 0 saturated carbocycles. The van der Waals surface area contributed by atoms with Crippen molar-refractivity contribution in [3.05, 3.63) is 23.8 Å². The Bertz CT molecular complexity index is 511. The molecule has 0 aromatic heterocycles. The summed E-state index contributed by atoms with van der Waals surface area (Å²) in [5.74, 6) is -1.72. The predicted molar refractivity (Wildman–Crippen MR) is 71.1 cm³/mol. The molecule has 0 spiro atoms. The molecular formula is C13H16N2O5. The van der Waals surface area contributed by atoms with Gasteiger partial charge in [0.25, 0.3) is 0 Å². The number of urea groups is 1. The number of ether oxygens (including phenoxy) is 1. The number of phenols is 1. The summed E-state index contributed by atoms with van der Waals surface area (Å²) in [6.07, 6.45) is 1.71. The number of carboxylic acids is 1. The summed E-state index contributed by atoms with van der Waals surface area (Å²) in [6, 6.07) is 3.56. The summed E-state index contributed by atoms with van der Waals surface area (Å²) in [6.45, 7) is 1.15. The largest absolute Gasteiger partial charge is 0.505 e. The first-order valence-corrected chi connectivity index (χ1v) is 6.28. The van der Waals surface area contributed by atoms with Crippen molar-refractivity contribution in [1.29, 1.82) is 0 Å². The van der Waals surface area contributed by atoms with Crippen LogP contribution in [0.2, 0.25) is 0 Å². The molecule has 1 saturated heterocycles. The lowest BCUT2D eigenvalue weighted by Gasteiger charge is -2.23. The number of aromatic hydroxyl groups is 1. The zero-order valence-electron chi connectivity index (χ0n) is 10.8. The molecule has 7 nitrogen and oxygen atoms in total. The number of aromatic carboxylic acids is 1. The zero-order valence-corrected chi connectivity index (χ0v) is 10.8. The van der Waals surface area contributed by atoms with Crippen molar-refractivity contribution >= 4 is 17.7 Å². The van der Waals surface area contributed by atoms with Crippen LogP contribution in [0.5, 0.6) is 5.75 Å². The van der Waals surface area contributed by atoms with Crippen LogP contribution in [0.1, 0.15) is 23.2 Å². The van der Waals surface area contributed by atoms with Crippen LogP contribution in [0.3, 0.4) is 0 Å². The van der Waals surface area contributed by atoms with E-state index in [4.69, 9.17) is 9.84 Å². The van der Waals surface area contributed by atoms with Crippen LogP contribution >= 0.6 is 0 Å². The van der Waals surface area contributed by atoms with Crippen LogP contribution in [0, 0.1) is 0 Å². The van der Waals surface area contributed by atoms with Crippen molar-refractivity contribution in [3.8, 4) is 5.75 Å². The number of carbonyl (C=O) groups excluding carboxylic acids is 1. The van der Waals surface area contributed by atoms with Gasteiger partial charge in [0.1, 0.15) is 5.56 Å². The standard InChI is InChI=1S/C13H16N2O5/c16-11-9(12(17)18)4-1-5-10(11)15-13(19)14-8-3-2-6-20-7-8/h1,4-5,8,16H,2-3,6-7H2,(H,17,18)(H2,14,15,19). The summed E-state index contributed by atoms with van der Waals surface area (Å²) < 4.78 is 5.24. The lowest BCUT2D eigenvalue weighted by Crippen LogP contribution is -2.42. The molecule has 2 rings (SSSR count). The zero-order chi connectivity index (χ0) is 14.5. The third kappa shape index (κ3) is 3.39. The molecule has 1 aliphatic rings. The molecule has 2 amide bonds. The number of hydrogen-bond acceptors (Lipinski definition) is 4. The Kier molecular flexibility index (Phi) is 4.41. The Balaban J connectivity index is 2.00. The average Bonchev–Trinajstić information content (AvgIpc) is 2.42. The summed E-state index contributed by atoms with van der Waals surface area (Å²) in [5, 5.41) is 23.8. The van der Waals surface area contributed by atoms with Gasteiger partial charge in [0.15, 0.2) is 5.75 Å². The van der Waals surface area contributed by atoms with Gasteiger partial charge < -0.3 is 25.6 Å². The molecule has 20 heavy (non-hydrogen) atoms. The Labute approximate surface area is 115 Å². The number of rotatable bonds is 3. The fourth-order valence-electron chi connectivity index (χ4n) is 2.02. The van der Waals surface area contributed by atoms with E-state index in [0.29, 0.717) is 13.2 Å². The molecule has 1 heterocycles. The highest BCUT2D eigenvalue weighted by Gasteiger charge is 2.18. The minimum atomic E-state index is -1.26. The van der Waals surface area contributed by atoms with Gasteiger partial charge in [0.05, 0.1) is 18.3 Å². The fourth-order valence-corrected chi connectivity index (χ4v) is 2.02. The molecule has 1 unspecified atom stereocenters. The van der Waals surface area contributed by atoms with Gasteiger partial charge in [-0.1, -0.05) is 6.07 Å². The maximum atomic E-state index is 11.8. The van der Waals surface area contributed by atoms with Gasteiger partial charge in [-0.3, -0.25) is 0 Å². The highest BCUT2D eigenvalue weighted by atomic mass is 16.5. The SMILES string of the molecule is O=C(Nc1cccc(C(=O)O)c1O)NC1CCCOC1. The van der Waals surface area contributed by atoms with Crippen LogP contribution in [0.25, 0.3) is 0 Å². The van der Waals surface area contributed by atoms with E-state index in [1.165, 1.54) is 18.2 Å². The second kappa shape index (κ2) is 6.25. The number of para-hydroxylation sites is 1. The Hall–Kier alpha value is -2.28. The van der Waals surface area contributed by atoms with E-state index in [1.54, 1.807) is 0 Å². The summed E-state index contributed by atoms with van der Waals surface area (Å²) in [4.78, 5) is 22.6. The molecule has 1 fully saturated rings. The van der Waals surface area contributed by atoms with Crippen LogP contribution < -0.4 is 10.6 Å². The van der Waals surface area contributed by atoms with Gasteiger partial charge >= 0.3 is 12.0 Å². The first kappa shape index (κ1) is 14.1. The van der Waals surface area contributed by atoms with E-state index in [9.17, 15) is 14.7 Å². The number of nitrogens with one attached hydrogen (secondary N) is 2. The molecule has 0 aliphatic carbocycles. The smallest absolute Gasteiger partial charge is 0.339 e. The third-order valence-electron chi connectivity index (χ3n) is 3.01. The van der Waals surface area contributed by atoms with Crippen molar-refractivity contribution in [1.82, 2.24) is 5.32 Å². The van der Waals surface area contributed by atoms with Gasteiger partial charge in [-0.2, -0.15) is 0 Å². The van der Waals surface area contributed by atoms with Gasteiger partial charge in [0.2, 0.25) is 0 Å². The molecule has 1 aromatic carbocycles. The first-order chi connectivity index (χ1) is 9.58. The van der Waals surface area contributed by atoms with E-state index in [2.05, 4.69) is 10.6 Å². The first-order valence-electron chi connectivity index (χ1n) is 6.28. The number of carbonyl (C=O) groups is 2. The topological polar surface area (TPSA) is 108 Å². The second-order valence-corrected chi connectivity index (χ2v) is 4.52. The molecule has 4 N–H and O–H groups in total. The normalized spacial score (nSPS) is 18.3. The number of hydrogen-bond donors (Lipinski definition) is 4. The molecule has 1 atom stereocenters. The Morgan fingerprint density at radius 3 is 2.80 bits per heavy atom. The second-order valence-electron chi connectivity index (χ2n) is 4.52. The Morgan fingerprint density at radius 1 is 1.35 bits per heavy atom. The molecule has 7 heteroatoms. The van der Waals surface area contributed by atoms with Gasteiger partial charge in [-0.15, -0.1) is 0 Å². The average molecular weight is 280 g/mol. The van der Waals surface area contributed by atoms with Crippen molar-refractivity contribution in [2.24, 2.45) is 0 Å². The minimum absolute atomic E-state index is 0.0547. The van der Waals surface area contributed by atoms with Crippen molar-refractivity contribution in [3.63, 3.8) is 0 Å². The van der Waals surface area contributed by atoms with Crippen LogP contribution in [0.15, 0.2) is 18.2 Å². The van der Waals surface area contributed by atoms with E-state index >= 15 is 0 Å². The molecule has 0 bridgehead atoms.